The Morgan fingerprint density at radius 2 is 2.38 bits per heavy atom. The summed E-state index contributed by atoms with van der Waals surface area (Å²) in [5.41, 5.74) is 0.202. The first-order chi connectivity index (χ1) is 7.56. The first-order valence-electron chi connectivity index (χ1n) is 4.81. The molecule has 0 radical (unpaired) electrons. The van der Waals surface area contributed by atoms with E-state index >= 15 is 0 Å². The van der Waals surface area contributed by atoms with Crippen molar-refractivity contribution >= 4 is 27.7 Å². The van der Waals surface area contributed by atoms with E-state index in [1.54, 1.807) is 12.3 Å². The number of carboxylic acid groups (broad SMARTS) is 1. The number of carbonyl (C=O) groups is 1. The molecule has 0 bridgehead atoms. The molecule has 0 unspecified atom stereocenters. The second-order valence-corrected chi connectivity index (χ2v) is 4.27. The lowest BCUT2D eigenvalue weighted by Gasteiger charge is -2.19. The van der Waals surface area contributed by atoms with Crippen molar-refractivity contribution in [2.24, 2.45) is 0 Å². The number of pyridine rings is 1. The predicted molar refractivity (Wildman–Crippen MR) is 66.1 cm³/mol. The highest BCUT2D eigenvalue weighted by Gasteiger charge is 2.15. The molecule has 5 nitrogen and oxygen atoms in total. The number of halogens is 1. The first kappa shape index (κ1) is 12.9. The van der Waals surface area contributed by atoms with Gasteiger partial charge >= 0.3 is 5.97 Å². The van der Waals surface area contributed by atoms with Crippen molar-refractivity contribution < 1.29 is 9.90 Å². The zero-order valence-electron chi connectivity index (χ0n) is 9.20. The molecular weight excluding hydrogens is 274 g/mol. The van der Waals surface area contributed by atoms with Crippen LogP contribution in [0.4, 0.5) is 5.82 Å². The van der Waals surface area contributed by atoms with Crippen molar-refractivity contribution in [2.75, 3.05) is 32.1 Å². The number of aromatic nitrogens is 1. The molecule has 0 aromatic carbocycles. The van der Waals surface area contributed by atoms with Crippen LogP contribution in [-0.2, 0) is 0 Å². The topological polar surface area (TPSA) is 65.5 Å². The quantitative estimate of drug-likeness (QED) is 0.852. The molecule has 0 aliphatic heterocycles. The molecule has 0 fully saturated rings. The van der Waals surface area contributed by atoms with Crippen LogP contribution < -0.4 is 10.2 Å². The molecule has 2 N–H and O–H groups in total. The van der Waals surface area contributed by atoms with Crippen molar-refractivity contribution in [3.05, 3.63) is 22.3 Å². The zero-order valence-corrected chi connectivity index (χ0v) is 10.8. The monoisotopic (exact) mass is 287 g/mol. The largest absolute Gasteiger partial charge is 0.478 e. The van der Waals surface area contributed by atoms with Gasteiger partial charge in [0.15, 0.2) is 0 Å². The fourth-order valence-electron chi connectivity index (χ4n) is 1.28. The fraction of sp³-hybridized carbons (Fsp3) is 0.400. The normalized spacial score (nSPS) is 10.2. The van der Waals surface area contributed by atoms with E-state index in [9.17, 15) is 4.79 Å². The summed E-state index contributed by atoms with van der Waals surface area (Å²) < 4.78 is 0.663. The molecule has 0 aliphatic carbocycles. The van der Waals surface area contributed by atoms with Crippen LogP contribution in [0.15, 0.2) is 16.7 Å². The van der Waals surface area contributed by atoms with Crippen LogP contribution in [0, 0.1) is 0 Å². The number of nitrogens with one attached hydrogen (secondary N) is 1. The van der Waals surface area contributed by atoms with Gasteiger partial charge in [0, 0.05) is 30.8 Å². The molecule has 16 heavy (non-hydrogen) atoms. The van der Waals surface area contributed by atoms with Crippen LogP contribution in [0.2, 0.25) is 0 Å². The minimum absolute atomic E-state index is 0.202. The maximum Gasteiger partial charge on any atom is 0.339 e. The number of rotatable bonds is 5. The van der Waals surface area contributed by atoms with Crippen molar-refractivity contribution in [3.63, 3.8) is 0 Å². The van der Waals surface area contributed by atoms with Gasteiger partial charge in [0.05, 0.1) is 0 Å². The highest BCUT2D eigenvalue weighted by molar-refractivity contribution is 9.10. The van der Waals surface area contributed by atoms with Gasteiger partial charge in [-0.3, -0.25) is 0 Å². The van der Waals surface area contributed by atoms with E-state index in [2.05, 4.69) is 26.2 Å². The Labute approximate surface area is 103 Å². The summed E-state index contributed by atoms with van der Waals surface area (Å²) in [5, 5.41) is 12.1. The van der Waals surface area contributed by atoms with Gasteiger partial charge in [0.1, 0.15) is 11.4 Å². The SMILES string of the molecule is CNCCN(C)c1ncc(Br)cc1C(=O)O. The van der Waals surface area contributed by atoms with Gasteiger partial charge in [-0.2, -0.15) is 0 Å². The van der Waals surface area contributed by atoms with Crippen molar-refractivity contribution in [3.8, 4) is 0 Å². The van der Waals surface area contributed by atoms with Crippen LogP contribution >= 0.6 is 15.9 Å². The summed E-state index contributed by atoms with van der Waals surface area (Å²) in [6, 6.07) is 1.56. The molecule has 0 aliphatic rings. The second kappa shape index (κ2) is 5.81. The average Bonchev–Trinajstić information content (AvgIpc) is 2.25. The van der Waals surface area contributed by atoms with Crippen LogP contribution in [0.5, 0.6) is 0 Å². The average molecular weight is 288 g/mol. The van der Waals surface area contributed by atoms with E-state index in [1.165, 1.54) is 0 Å². The van der Waals surface area contributed by atoms with Gasteiger partial charge in [-0.15, -0.1) is 0 Å². The Balaban J connectivity index is 2.98. The highest BCUT2D eigenvalue weighted by atomic mass is 79.9. The predicted octanol–water partition coefficient (Wildman–Crippen LogP) is 1.20. The summed E-state index contributed by atoms with van der Waals surface area (Å²) in [6.07, 6.45) is 1.59. The van der Waals surface area contributed by atoms with Gasteiger partial charge in [0.2, 0.25) is 0 Å². The Hall–Kier alpha value is -1.14. The Kier molecular flexibility index (Phi) is 4.70. The first-order valence-corrected chi connectivity index (χ1v) is 5.60. The molecule has 1 rings (SSSR count). The van der Waals surface area contributed by atoms with Crippen LogP contribution in [0.25, 0.3) is 0 Å². The second-order valence-electron chi connectivity index (χ2n) is 3.35. The molecule has 88 valence electrons. The number of carboxylic acids is 1. The molecule has 0 atom stereocenters. The van der Waals surface area contributed by atoms with Crippen LogP contribution in [0.1, 0.15) is 10.4 Å². The molecule has 6 heteroatoms. The molecular formula is C10H14BrN3O2. The lowest BCUT2D eigenvalue weighted by Crippen LogP contribution is -2.29. The number of likely N-dealkylation sites (N-methyl/N-ethyl adjacent to an activating group) is 2. The zero-order chi connectivity index (χ0) is 12.1. The third-order valence-corrected chi connectivity index (χ3v) is 2.56. The van der Waals surface area contributed by atoms with Crippen LogP contribution in [0.3, 0.4) is 0 Å². The number of hydrogen-bond donors (Lipinski definition) is 2. The lowest BCUT2D eigenvalue weighted by molar-refractivity contribution is 0.0697. The third-order valence-electron chi connectivity index (χ3n) is 2.12. The summed E-state index contributed by atoms with van der Waals surface area (Å²) >= 11 is 3.21. The van der Waals surface area contributed by atoms with E-state index in [0.29, 0.717) is 16.8 Å². The molecule has 1 aromatic heterocycles. The van der Waals surface area contributed by atoms with Crippen molar-refractivity contribution in [1.29, 1.82) is 0 Å². The molecule has 0 saturated heterocycles. The van der Waals surface area contributed by atoms with E-state index < -0.39 is 5.97 Å². The molecule has 1 heterocycles. The molecule has 0 amide bonds. The summed E-state index contributed by atoms with van der Waals surface area (Å²) in [6.45, 7) is 1.47. The van der Waals surface area contributed by atoms with E-state index in [1.807, 2.05) is 19.0 Å². The van der Waals surface area contributed by atoms with Gasteiger partial charge < -0.3 is 15.3 Å². The van der Waals surface area contributed by atoms with Gasteiger partial charge in [-0.25, -0.2) is 9.78 Å². The van der Waals surface area contributed by atoms with E-state index in [-0.39, 0.29) is 5.56 Å². The number of nitrogens with zero attached hydrogens (tertiary/aromatic N) is 2. The Morgan fingerprint density at radius 1 is 1.69 bits per heavy atom. The minimum atomic E-state index is -0.972. The lowest BCUT2D eigenvalue weighted by atomic mass is 10.2. The number of anilines is 1. The molecule has 0 saturated carbocycles. The maximum absolute atomic E-state index is 11.0. The van der Waals surface area contributed by atoms with Gasteiger partial charge in [-0.1, -0.05) is 0 Å². The highest BCUT2D eigenvalue weighted by Crippen LogP contribution is 2.20. The van der Waals surface area contributed by atoms with E-state index in [0.717, 1.165) is 6.54 Å². The van der Waals surface area contributed by atoms with Gasteiger partial charge in [0.25, 0.3) is 0 Å². The smallest absolute Gasteiger partial charge is 0.339 e. The Bertz CT molecular complexity index is 384. The molecule has 1 aromatic rings. The van der Waals surface area contributed by atoms with Crippen LogP contribution in [-0.4, -0.2) is 43.2 Å². The summed E-state index contributed by atoms with van der Waals surface area (Å²) in [7, 11) is 3.67. The number of aromatic carboxylic acids is 1. The van der Waals surface area contributed by atoms with Gasteiger partial charge in [-0.05, 0) is 29.0 Å². The van der Waals surface area contributed by atoms with Crippen molar-refractivity contribution in [1.82, 2.24) is 10.3 Å². The summed E-state index contributed by atoms with van der Waals surface area (Å²) in [5.74, 6) is -0.494. The standard InChI is InChI=1S/C10H14BrN3O2/c1-12-3-4-14(2)9-8(10(15)16)5-7(11)6-13-9/h5-6,12H,3-4H2,1-2H3,(H,15,16). The fourth-order valence-corrected chi connectivity index (χ4v) is 1.61. The van der Waals surface area contributed by atoms with E-state index in [4.69, 9.17) is 5.11 Å². The number of hydrogen-bond acceptors (Lipinski definition) is 4. The minimum Gasteiger partial charge on any atom is -0.478 e. The summed E-state index contributed by atoms with van der Waals surface area (Å²) in [4.78, 5) is 17.0. The molecule has 0 spiro atoms. The maximum atomic E-state index is 11.0. The Morgan fingerprint density at radius 3 is 2.94 bits per heavy atom. The third kappa shape index (κ3) is 3.18. The van der Waals surface area contributed by atoms with Crippen molar-refractivity contribution in [2.45, 2.75) is 0 Å².